The molecule has 0 bridgehead atoms. The normalized spacial score (nSPS) is 11.9. The van der Waals surface area contributed by atoms with E-state index in [2.05, 4.69) is 10.6 Å². The molecule has 2 rings (SSSR count). The monoisotopic (exact) mass is 272 g/mol. The van der Waals surface area contributed by atoms with Gasteiger partial charge in [0, 0.05) is 6.04 Å². The Hall–Kier alpha value is -2.20. The van der Waals surface area contributed by atoms with Gasteiger partial charge in [-0.3, -0.25) is 4.79 Å². The molecule has 104 valence electrons. The molecule has 1 amide bonds. The number of para-hydroxylation sites is 1. The quantitative estimate of drug-likeness (QED) is 0.878. The number of rotatable bonds is 5. The number of benzene rings is 2. The largest absolute Gasteiger partial charge is 0.322 e. The van der Waals surface area contributed by atoms with E-state index in [0.717, 1.165) is 5.56 Å². The van der Waals surface area contributed by atoms with Crippen molar-refractivity contribution in [2.45, 2.75) is 13.0 Å². The number of halogens is 1. The summed E-state index contributed by atoms with van der Waals surface area (Å²) in [6.45, 7) is 2.11. The maximum absolute atomic E-state index is 13.4. The molecule has 0 saturated heterocycles. The van der Waals surface area contributed by atoms with E-state index in [1.807, 2.05) is 37.3 Å². The molecular formula is C16H17FN2O. The minimum atomic E-state index is -0.433. The van der Waals surface area contributed by atoms with Crippen molar-refractivity contribution in [1.82, 2.24) is 5.32 Å². The highest BCUT2D eigenvalue weighted by atomic mass is 19.1. The van der Waals surface area contributed by atoms with Gasteiger partial charge in [0.2, 0.25) is 5.91 Å². The molecule has 4 heteroatoms. The van der Waals surface area contributed by atoms with Crippen LogP contribution >= 0.6 is 0 Å². The molecule has 0 radical (unpaired) electrons. The molecule has 20 heavy (non-hydrogen) atoms. The van der Waals surface area contributed by atoms with Gasteiger partial charge in [-0.25, -0.2) is 4.39 Å². The molecule has 0 aliphatic carbocycles. The molecule has 0 spiro atoms. The predicted octanol–water partition coefficient (Wildman–Crippen LogP) is 3.12. The molecule has 0 aliphatic rings. The Morgan fingerprint density at radius 3 is 2.45 bits per heavy atom. The van der Waals surface area contributed by atoms with Crippen LogP contribution in [0.3, 0.4) is 0 Å². The first-order valence-corrected chi connectivity index (χ1v) is 6.49. The fourth-order valence-corrected chi connectivity index (χ4v) is 1.86. The average molecular weight is 272 g/mol. The fourth-order valence-electron chi connectivity index (χ4n) is 1.86. The molecule has 0 fully saturated rings. The van der Waals surface area contributed by atoms with E-state index in [1.54, 1.807) is 12.1 Å². The number of carbonyl (C=O) groups excluding carboxylic acids is 1. The van der Waals surface area contributed by atoms with E-state index in [-0.39, 0.29) is 24.2 Å². The van der Waals surface area contributed by atoms with E-state index in [9.17, 15) is 9.18 Å². The number of hydrogen-bond acceptors (Lipinski definition) is 2. The van der Waals surface area contributed by atoms with Crippen molar-refractivity contribution in [2.75, 3.05) is 11.9 Å². The molecule has 0 aliphatic heterocycles. The van der Waals surface area contributed by atoms with Crippen molar-refractivity contribution < 1.29 is 9.18 Å². The second kappa shape index (κ2) is 6.82. The van der Waals surface area contributed by atoms with Crippen LogP contribution in [0.4, 0.5) is 10.1 Å². The van der Waals surface area contributed by atoms with Gasteiger partial charge in [-0.2, -0.15) is 0 Å². The minimum Gasteiger partial charge on any atom is -0.322 e. The Labute approximate surface area is 117 Å². The van der Waals surface area contributed by atoms with Crippen LogP contribution in [0.2, 0.25) is 0 Å². The number of anilines is 1. The van der Waals surface area contributed by atoms with Gasteiger partial charge in [-0.05, 0) is 24.6 Å². The van der Waals surface area contributed by atoms with E-state index in [4.69, 9.17) is 0 Å². The Balaban J connectivity index is 1.85. The standard InChI is InChI=1S/C16H17FN2O/c1-12(13-7-3-2-4-8-13)18-11-16(20)19-15-10-6-5-9-14(15)17/h2-10,12,18H,11H2,1H3,(H,19,20)/t12-/m1/s1. The van der Waals surface area contributed by atoms with Crippen LogP contribution < -0.4 is 10.6 Å². The van der Waals surface area contributed by atoms with E-state index in [1.165, 1.54) is 12.1 Å². The summed E-state index contributed by atoms with van der Waals surface area (Å²) >= 11 is 0. The lowest BCUT2D eigenvalue weighted by molar-refractivity contribution is -0.115. The lowest BCUT2D eigenvalue weighted by Crippen LogP contribution is -2.30. The van der Waals surface area contributed by atoms with Crippen LogP contribution in [0.15, 0.2) is 54.6 Å². The lowest BCUT2D eigenvalue weighted by atomic mass is 10.1. The molecule has 0 saturated carbocycles. The molecule has 2 N–H and O–H groups in total. The van der Waals surface area contributed by atoms with Crippen molar-refractivity contribution in [2.24, 2.45) is 0 Å². The molecule has 1 atom stereocenters. The Morgan fingerprint density at radius 1 is 1.10 bits per heavy atom. The molecule has 2 aromatic carbocycles. The summed E-state index contributed by atoms with van der Waals surface area (Å²) in [5.41, 5.74) is 1.30. The van der Waals surface area contributed by atoms with Gasteiger partial charge in [-0.15, -0.1) is 0 Å². The van der Waals surface area contributed by atoms with Crippen molar-refractivity contribution in [1.29, 1.82) is 0 Å². The van der Waals surface area contributed by atoms with Crippen LogP contribution in [0.5, 0.6) is 0 Å². The van der Waals surface area contributed by atoms with Gasteiger partial charge >= 0.3 is 0 Å². The average Bonchev–Trinajstić information content (AvgIpc) is 2.48. The van der Waals surface area contributed by atoms with Crippen LogP contribution in [0.25, 0.3) is 0 Å². The van der Waals surface area contributed by atoms with Crippen molar-refractivity contribution in [3.05, 3.63) is 66.0 Å². The zero-order chi connectivity index (χ0) is 14.4. The first-order valence-electron chi connectivity index (χ1n) is 6.49. The maximum Gasteiger partial charge on any atom is 0.238 e. The van der Waals surface area contributed by atoms with E-state index < -0.39 is 5.82 Å². The van der Waals surface area contributed by atoms with E-state index >= 15 is 0 Å². The second-order valence-corrected chi connectivity index (χ2v) is 4.54. The topological polar surface area (TPSA) is 41.1 Å². The van der Waals surface area contributed by atoms with Gasteiger partial charge in [0.25, 0.3) is 0 Å². The molecule has 0 aromatic heterocycles. The van der Waals surface area contributed by atoms with Crippen molar-refractivity contribution >= 4 is 11.6 Å². The Bertz CT molecular complexity index is 572. The number of carbonyl (C=O) groups is 1. The first kappa shape index (κ1) is 14.2. The second-order valence-electron chi connectivity index (χ2n) is 4.54. The number of hydrogen-bond donors (Lipinski definition) is 2. The van der Waals surface area contributed by atoms with Gasteiger partial charge in [0.1, 0.15) is 5.82 Å². The maximum atomic E-state index is 13.4. The van der Waals surface area contributed by atoms with Gasteiger partial charge < -0.3 is 10.6 Å². The van der Waals surface area contributed by atoms with Crippen LogP contribution in [-0.2, 0) is 4.79 Å². The first-order chi connectivity index (χ1) is 9.66. The summed E-state index contributed by atoms with van der Waals surface area (Å²) in [6, 6.07) is 16.0. The number of amides is 1. The molecule has 0 unspecified atom stereocenters. The zero-order valence-corrected chi connectivity index (χ0v) is 11.3. The summed E-state index contributed by atoms with van der Waals surface area (Å²) < 4.78 is 13.4. The SMILES string of the molecule is C[C@@H](NCC(=O)Nc1ccccc1F)c1ccccc1. The molecule has 3 nitrogen and oxygen atoms in total. The predicted molar refractivity (Wildman–Crippen MR) is 77.9 cm³/mol. The third-order valence-corrected chi connectivity index (χ3v) is 3.02. The third kappa shape index (κ3) is 3.90. The van der Waals surface area contributed by atoms with Crippen molar-refractivity contribution in [3.63, 3.8) is 0 Å². The summed E-state index contributed by atoms with van der Waals surface area (Å²) in [6.07, 6.45) is 0. The smallest absolute Gasteiger partial charge is 0.238 e. The Morgan fingerprint density at radius 2 is 1.75 bits per heavy atom. The van der Waals surface area contributed by atoms with Gasteiger partial charge in [-0.1, -0.05) is 42.5 Å². The molecule has 2 aromatic rings. The molecule has 0 heterocycles. The molecular weight excluding hydrogens is 255 g/mol. The fraction of sp³-hybridized carbons (Fsp3) is 0.188. The highest BCUT2D eigenvalue weighted by Crippen LogP contribution is 2.13. The van der Waals surface area contributed by atoms with Gasteiger partial charge in [0.15, 0.2) is 0 Å². The van der Waals surface area contributed by atoms with E-state index in [0.29, 0.717) is 0 Å². The third-order valence-electron chi connectivity index (χ3n) is 3.02. The van der Waals surface area contributed by atoms with Gasteiger partial charge in [0.05, 0.1) is 12.2 Å². The van der Waals surface area contributed by atoms with Crippen molar-refractivity contribution in [3.8, 4) is 0 Å². The highest BCUT2D eigenvalue weighted by Gasteiger charge is 2.09. The minimum absolute atomic E-state index is 0.0579. The van der Waals surface area contributed by atoms with Crippen LogP contribution in [0.1, 0.15) is 18.5 Å². The summed E-state index contributed by atoms with van der Waals surface area (Å²) in [7, 11) is 0. The summed E-state index contributed by atoms with van der Waals surface area (Å²) in [5, 5.41) is 5.64. The van der Waals surface area contributed by atoms with Crippen LogP contribution in [-0.4, -0.2) is 12.5 Å². The number of nitrogens with one attached hydrogen (secondary N) is 2. The highest BCUT2D eigenvalue weighted by molar-refractivity contribution is 5.92. The Kier molecular flexibility index (Phi) is 4.85. The summed E-state index contributed by atoms with van der Waals surface area (Å²) in [5.74, 6) is -0.699. The summed E-state index contributed by atoms with van der Waals surface area (Å²) in [4.78, 5) is 11.8. The van der Waals surface area contributed by atoms with Crippen LogP contribution in [0, 0.1) is 5.82 Å². The lowest BCUT2D eigenvalue weighted by Gasteiger charge is -2.14. The zero-order valence-electron chi connectivity index (χ0n) is 11.3.